The maximum Gasteiger partial charge on any atom is 1.00 e. The molecule has 0 saturated carbocycles. The van der Waals surface area contributed by atoms with E-state index in [2.05, 4.69) is 0 Å². The molecule has 0 bridgehead atoms. The summed E-state index contributed by atoms with van der Waals surface area (Å²) in [5.74, 6) is -1.14. The van der Waals surface area contributed by atoms with Crippen LogP contribution in [0.2, 0.25) is 0 Å². The molecule has 200 valence electrons. The average molecular weight is 561 g/mol. The van der Waals surface area contributed by atoms with Gasteiger partial charge in [0.25, 0.3) is 0 Å². The molecule has 2 aliphatic rings. The van der Waals surface area contributed by atoms with Crippen LogP contribution in [0.4, 0.5) is 0 Å². The van der Waals surface area contributed by atoms with Crippen molar-refractivity contribution < 1.29 is 96.3 Å². The van der Waals surface area contributed by atoms with Gasteiger partial charge >= 0.3 is 63.3 Å². The molecule has 1 aliphatic carbocycles. The van der Waals surface area contributed by atoms with Crippen LogP contribution in [0, 0.1) is 0 Å². The number of benzene rings is 3. The van der Waals surface area contributed by atoms with Crippen LogP contribution in [-0.4, -0.2) is 54.9 Å². The zero-order valence-corrected chi connectivity index (χ0v) is 25.2. The molecule has 39 heavy (non-hydrogen) atoms. The largest absolute Gasteiger partial charge is 1.00 e. The predicted octanol–water partition coefficient (Wildman–Crippen LogP) is 1.61. The zero-order chi connectivity index (χ0) is 26.9. The van der Waals surface area contributed by atoms with Gasteiger partial charge in [0.2, 0.25) is 6.79 Å². The van der Waals surface area contributed by atoms with Crippen molar-refractivity contribution in [1.29, 1.82) is 0 Å². The van der Waals surface area contributed by atoms with E-state index >= 15 is 0 Å². The molecule has 2 atom stereocenters. The standard InChI is InChI=1S/C29H28O9.K.H/c1-3-12-35-23-11-9-18-20(26(23)19-6-4-5-7-21(19)34-2)14-29(28(32)33,38-15-25(30)31)27(18)17-8-10-22-24(13-17)37-16-36-22;;/h4-11,13,27H,3,12,14-16H2,1-2H3,(H,30,31)(H,32,33);;/q;+1;-1. The first kappa shape index (κ1) is 29.4. The third kappa shape index (κ3) is 5.41. The molecule has 3 aromatic rings. The third-order valence-corrected chi connectivity index (χ3v) is 6.91. The smallest absolute Gasteiger partial charge is 1.00 e. The second-order valence-corrected chi connectivity index (χ2v) is 9.15. The quantitative estimate of drug-likeness (QED) is 0.356. The number of carboxylic acid groups (broad SMARTS) is 2. The second-order valence-electron chi connectivity index (χ2n) is 9.15. The van der Waals surface area contributed by atoms with Crippen molar-refractivity contribution in [2.24, 2.45) is 0 Å². The number of aliphatic carboxylic acids is 2. The number of hydrogen-bond donors (Lipinski definition) is 2. The van der Waals surface area contributed by atoms with Gasteiger partial charge in [-0.05, 0) is 47.4 Å². The molecule has 0 fully saturated rings. The molecular weight excluding hydrogens is 531 g/mol. The fraction of sp³-hybridized carbons (Fsp3) is 0.310. The van der Waals surface area contributed by atoms with Crippen LogP contribution < -0.4 is 70.3 Å². The molecule has 9 nitrogen and oxygen atoms in total. The minimum atomic E-state index is -1.89. The maximum absolute atomic E-state index is 13.0. The van der Waals surface area contributed by atoms with Gasteiger partial charge in [0.15, 0.2) is 17.1 Å². The Balaban J connectivity index is 0.00000220. The summed E-state index contributed by atoms with van der Waals surface area (Å²) in [7, 11) is 1.57. The summed E-state index contributed by atoms with van der Waals surface area (Å²) in [6.45, 7) is 1.76. The van der Waals surface area contributed by atoms with E-state index in [9.17, 15) is 19.8 Å². The number of para-hydroxylation sites is 1. The van der Waals surface area contributed by atoms with E-state index in [0.29, 0.717) is 51.9 Å². The number of fused-ring (bicyclic) bond motifs is 2. The van der Waals surface area contributed by atoms with Crippen molar-refractivity contribution in [3.8, 4) is 34.1 Å². The van der Waals surface area contributed by atoms with Crippen molar-refractivity contribution in [1.82, 2.24) is 0 Å². The topological polar surface area (TPSA) is 121 Å². The van der Waals surface area contributed by atoms with Gasteiger partial charge < -0.3 is 35.3 Å². The molecular formula is C29H29KO9. The second kappa shape index (κ2) is 12.3. The van der Waals surface area contributed by atoms with Gasteiger partial charge in [-0.15, -0.1) is 0 Å². The summed E-state index contributed by atoms with van der Waals surface area (Å²) in [5, 5.41) is 20.0. The van der Waals surface area contributed by atoms with E-state index in [0.717, 1.165) is 12.0 Å². The Labute approximate surface area is 269 Å². The van der Waals surface area contributed by atoms with Crippen LogP contribution in [0.5, 0.6) is 23.0 Å². The summed E-state index contributed by atoms with van der Waals surface area (Å²) >= 11 is 0. The molecule has 5 rings (SSSR count). The van der Waals surface area contributed by atoms with Gasteiger partial charge in [0.05, 0.1) is 13.7 Å². The maximum atomic E-state index is 13.0. The molecule has 1 heterocycles. The summed E-state index contributed by atoms with van der Waals surface area (Å²) in [6.07, 6.45) is 0.698. The van der Waals surface area contributed by atoms with Gasteiger partial charge in [-0.2, -0.15) is 0 Å². The van der Waals surface area contributed by atoms with Crippen molar-refractivity contribution in [3.05, 3.63) is 71.3 Å². The van der Waals surface area contributed by atoms with E-state index in [-0.39, 0.29) is 66.0 Å². The first-order valence-corrected chi connectivity index (χ1v) is 12.3. The van der Waals surface area contributed by atoms with Crippen LogP contribution in [0.25, 0.3) is 11.1 Å². The van der Waals surface area contributed by atoms with Crippen molar-refractivity contribution in [2.45, 2.75) is 31.3 Å². The molecule has 0 saturated heterocycles. The number of rotatable bonds is 10. The zero-order valence-electron chi connectivity index (χ0n) is 23.1. The molecule has 3 aromatic carbocycles. The van der Waals surface area contributed by atoms with Gasteiger partial charge in [0.1, 0.15) is 18.1 Å². The summed E-state index contributed by atoms with van der Waals surface area (Å²) < 4.78 is 28.6. The Morgan fingerprint density at radius 1 is 1.05 bits per heavy atom. The normalized spacial score (nSPS) is 18.7. The number of methoxy groups -OCH3 is 1. The molecule has 0 aromatic heterocycles. The fourth-order valence-electron chi connectivity index (χ4n) is 5.33. The van der Waals surface area contributed by atoms with Gasteiger partial charge in [0, 0.05) is 23.5 Å². The van der Waals surface area contributed by atoms with Crippen LogP contribution in [0.3, 0.4) is 0 Å². The molecule has 1 aliphatic heterocycles. The minimum absolute atomic E-state index is 0. The average Bonchev–Trinajstić information content (AvgIpc) is 3.52. The molecule has 0 radical (unpaired) electrons. The molecule has 10 heteroatoms. The molecule has 0 amide bonds. The van der Waals surface area contributed by atoms with Crippen LogP contribution >= 0.6 is 0 Å². The van der Waals surface area contributed by atoms with E-state index in [1.165, 1.54) is 0 Å². The van der Waals surface area contributed by atoms with Crippen LogP contribution in [-0.2, 0) is 20.7 Å². The van der Waals surface area contributed by atoms with Crippen LogP contribution in [0.15, 0.2) is 54.6 Å². The summed E-state index contributed by atoms with van der Waals surface area (Å²) in [4.78, 5) is 24.6. The Morgan fingerprint density at radius 2 is 1.82 bits per heavy atom. The number of carboxylic acids is 2. The predicted molar refractivity (Wildman–Crippen MR) is 137 cm³/mol. The number of carbonyl (C=O) groups is 2. The minimum Gasteiger partial charge on any atom is -1.00 e. The van der Waals surface area contributed by atoms with E-state index in [1.54, 1.807) is 25.3 Å². The van der Waals surface area contributed by atoms with E-state index < -0.39 is 30.1 Å². The molecule has 2 N–H and O–H groups in total. The van der Waals surface area contributed by atoms with Crippen molar-refractivity contribution >= 4 is 11.9 Å². The SMILES string of the molecule is CCCOc1ccc2c(c1-c1ccccc1OC)CC(OCC(=O)O)(C(=O)O)C2c1ccc2c(c1)OCO2.[H-].[K+]. The van der Waals surface area contributed by atoms with Crippen molar-refractivity contribution in [2.75, 3.05) is 27.1 Å². The van der Waals surface area contributed by atoms with Gasteiger partial charge in [-0.3, -0.25) is 0 Å². The first-order valence-electron chi connectivity index (χ1n) is 12.3. The Hall–Kier alpha value is -2.60. The third-order valence-electron chi connectivity index (χ3n) is 6.91. The summed E-state index contributed by atoms with van der Waals surface area (Å²) in [6, 6.07) is 16.3. The van der Waals surface area contributed by atoms with Crippen molar-refractivity contribution in [3.63, 3.8) is 0 Å². The number of ether oxygens (including phenoxy) is 5. The Bertz CT molecular complexity index is 1400. The fourth-order valence-corrected chi connectivity index (χ4v) is 5.33. The Kier molecular flexibility index (Phi) is 9.25. The molecule has 0 spiro atoms. The van der Waals surface area contributed by atoms with E-state index in [4.69, 9.17) is 23.7 Å². The monoisotopic (exact) mass is 560 g/mol. The number of hydrogen-bond acceptors (Lipinski definition) is 7. The van der Waals surface area contributed by atoms with E-state index in [1.807, 2.05) is 43.3 Å². The Morgan fingerprint density at radius 3 is 2.54 bits per heavy atom. The molecule has 2 unspecified atom stereocenters. The van der Waals surface area contributed by atoms with Crippen LogP contribution in [0.1, 0.15) is 37.4 Å². The first-order chi connectivity index (χ1) is 18.4. The van der Waals surface area contributed by atoms with Gasteiger partial charge in [-0.1, -0.05) is 37.3 Å². The van der Waals surface area contributed by atoms with Gasteiger partial charge in [-0.25, -0.2) is 9.59 Å². The summed E-state index contributed by atoms with van der Waals surface area (Å²) in [5.41, 5.74) is 1.53.